The van der Waals surface area contributed by atoms with Gasteiger partial charge in [0.2, 0.25) is 0 Å². The molecule has 33 heavy (non-hydrogen) atoms. The van der Waals surface area contributed by atoms with E-state index in [1.165, 1.54) is 27.3 Å². The van der Waals surface area contributed by atoms with Gasteiger partial charge in [-0.3, -0.25) is 9.47 Å². The fourth-order valence-electron chi connectivity index (χ4n) is 5.03. The van der Waals surface area contributed by atoms with Crippen molar-refractivity contribution in [2.24, 2.45) is 5.92 Å². The van der Waals surface area contributed by atoms with Gasteiger partial charge in [0.25, 0.3) is 0 Å². The standard InChI is InChI=1S/C23H23ClFN5O2S/c24-16-2-1-15(18(25)9-16)11-29-22-20(21-26-13-27-30(21)23(29)31)17-3-6-28(12-19(17)33-22)10-14-4-7-32-8-5-14/h1-2,9,13-14H,3-8,10-12H2. The Labute approximate surface area is 198 Å². The Hall–Kier alpha value is -2.33. The molecule has 5 heterocycles. The minimum atomic E-state index is -0.426. The normalized spacial score (nSPS) is 17.8. The van der Waals surface area contributed by atoms with Gasteiger partial charge in [0, 0.05) is 48.3 Å². The molecule has 2 aliphatic heterocycles. The highest BCUT2D eigenvalue weighted by Gasteiger charge is 2.28. The van der Waals surface area contributed by atoms with Gasteiger partial charge in [0.05, 0.1) is 11.9 Å². The maximum absolute atomic E-state index is 14.6. The summed E-state index contributed by atoms with van der Waals surface area (Å²) in [6.07, 6.45) is 4.53. The van der Waals surface area contributed by atoms with Gasteiger partial charge in [-0.15, -0.1) is 11.3 Å². The molecule has 6 rings (SSSR count). The Morgan fingerprint density at radius 3 is 2.94 bits per heavy atom. The van der Waals surface area contributed by atoms with Crippen LogP contribution in [0, 0.1) is 11.7 Å². The second kappa shape index (κ2) is 8.47. The first-order chi connectivity index (χ1) is 16.1. The molecule has 1 fully saturated rings. The van der Waals surface area contributed by atoms with E-state index in [0.717, 1.165) is 62.3 Å². The smallest absolute Gasteiger partial charge is 0.352 e. The van der Waals surface area contributed by atoms with Crippen LogP contribution in [0.3, 0.4) is 0 Å². The number of hydrogen-bond donors (Lipinski definition) is 0. The minimum absolute atomic E-state index is 0.110. The van der Waals surface area contributed by atoms with Gasteiger partial charge in [-0.25, -0.2) is 14.2 Å². The molecule has 1 aromatic carbocycles. The zero-order valence-electron chi connectivity index (χ0n) is 18.0. The van der Waals surface area contributed by atoms with Crippen LogP contribution >= 0.6 is 22.9 Å². The Morgan fingerprint density at radius 2 is 2.12 bits per heavy atom. The molecule has 4 aromatic rings. The highest BCUT2D eigenvalue weighted by atomic mass is 35.5. The van der Waals surface area contributed by atoms with E-state index >= 15 is 0 Å². The molecule has 2 aliphatic rings. The van der Waals surface area contributed by atoms with Crippen LogP contribution in [-0.2, 0) is 24.2 Å². The van der Waals surface area contributed by atoms with Crippen molar-refractivity contribution in [2.45, 2.75) is 32.4 Å². The summed E-state index contributed by atoms with van der Waals surface area (Å²) in [6, 6.07) is 4.55. The van der Waals surface area contributed by atoms with E-state index in [-0.39, 0.29) is 12.2 Å². The zero-order valence-corrected chi connectivity index (χ0v) is 19.5. The maximum Gasteiger partial charge on any atom is 0.352 e. The zero-order chi connectivity index (χ0) is 22.5. The predicted octanol–water partition coefficient (Wildman–Crippen LogP) is 3.73. The Bertz CT molecular complexity index is 1410. The SMILES string of the molecule is O=c1n(Cc2ccc(Cl)cc2F)c2sc3c(c2c2ncnn12)CCN(CC1CCOCC1)C3. The number of hydrogen-bond acceptors (Lipinski definition) is 6. The average Bonchev–Trinajstić information content (AvgIpc) is 3.43. The summed E-state index contributed by atoms with van der Waals surface area (Å²) in [5.41, 5.74) is 1.91. The van der Waals surface area contributed by atoms with Crippen LogP contribution in [0.2, 0.25) is 5.02 Å². The van der Waals surface area contributed by atoms with Crippen molar-refractivity contribution in [3.63, 3.8) is 0 Å². The molecular formula is C23H23ClFN5O2S. The highest BCUT2D eigenvalue weighted by Crippen LogP contribution is 2.37. The van der Waals surface area contributed by atoms with Crippen LogP contribution in [0.4, 0.5) is 4.39 Å². The lowest BCUT2D eigenvalue weighted by atomic mass is 9.98. The lowest BCUT2D eigenvalue weighted by molar-refractivity contribution is 0.0508. The lowest BCUT2D eigenvalue weighted by Gasteiger charge is -2.32. The minimum Gasteiger partial charge on any atom is -0.381 e. The first kappa shape index (κ1) is 21.2. The summed E-state index contributed by atoms with van der Waals surface area (Å²) < 4.78 is 23.0. The number of thiophene rings is 1. The van der Waals surface area contributed by atoms with Gasteiger partial charge < -0.3 is 4.74 Å². The van der Waals surface area contributed by atoms with E-state index in [1.807, 2.05) is 0 Å². The molecule has 0 saturated carbocycles. The summed E-state index contributed by atoms with van der Waals surface area (Å²) >= 11 is 7.54. The van der Waals surface area contributed by atoms with Crippen molar-refractivity contribution in [1.82, 2.24) is 24.1 Å². The summed E-state index contributed by atoms with van der Waals surface area (Å²) in [6.45, 7) is 4.72. The molecule has 3 aromatic heterocycles. The molecule has 0 aliphatic carbocycles. The van der Waals surface area contributed by atoms with Crippen molar-refractivity contribution >= 4 is 38.8 Å². The third kappa shape index (κ3) is 3.77. The van der Waals surface area contributed by atoms with Gasteiger partial charge in [0.1, 0.15) is 17.0 Å². The van der Waals surface area contributed by atoms with E-state index in [0.29, 0.717) is 22.2 Å². The molecule has 0 radical (unpaired) electrons. The molecule has 7 nitrogen and oxygen atoms in total. The monoisotopic (exact) mass is 487 g/mol. The quantitative estimate of drug-likeness (QED) is 0.439. The molecule has 1 saturated heterocycles. The van der Waals surface area contributed by atoms with E-state index in [9.17, 15) is 9.18 Å². The predicted molar refractivity (Wildman–Crippen MR) is 126 cm³/mol. The van der Waals surface area contributed by atoms with Gasteiger partial charge in [-0.05, 0) is 42.9 Å². The summed E-state index contributed by atoms with van der Waals surface area (Å²) in [5, 5.41) is 5.46. The van der Waals surface area contributed by atoms with E-state index in [4.69, 9.17) is 16.3 Å². The Morgan fingerprint density at radius 1 is 1.27 bits per heavy atom. The molecule has 0 unspecified atom stereocenters. The second-order valence-corrected chi connectivity index (χ2v) is 10.3. The van der Waals surface area contributed by atoms with Gasteiger partial charge in [0.15, 0.2) is 5.65 Å². The van der Waals surface area contributed by atoms with Crippen LogP contribution in [0.15, 0.2) is 29.3 Å². The highest BCUT2D eigenvalue weighted by molar-refractivity contribution is 7.19. The van der Waals surface area contributed by atoms with Crippen molar-refractivity contribution in [2.75, 3.05) is 26.3 Å². The third-order valence-electron chi connectivity index (χ3n) is 6.75. The Kier molecular flexibility index (Phi) is 5.44. The van der Waals surface area contributed by atoms with Gasteiger partial charge >= 0.3 is 5.69 Å². The molecular weight excluding hydrogens is 465 g/mol. The van der Waals surface area contributed by atoms with Gasteiger partial charge in [-0.2, -0.15) is 9.61 Å². The van der Waals surface area contributed by atoms with E-state index in [1.54, 1.807) is 28.0 Å². The van der Waals surface area contributed by atoms with E-state index < -0.39 is 5.82 Å². The van der Waals surface area contributed by atoms with Crippen LogP contribution in [-0.4, -0.2) is 50.4 Å². The number of benzene rings is 1. The molecule has 0 atom stereocenters. The molecule has 10 heteroatoms. The molecule has 0 bridgehead atoms. The number of aromatic nitrogens is 4. The van der Waals surface area contributed by atoms with E-state index in [2.05, 4.69) is 15.0 Å². The Balaban J connectivity index is 1.42. The summed E-state index contributed by atoms with van der Waals surface area (Å²) in [7, 11) is 0. The summed E-state index contributed by atoms with van der Waals surface area (Å²) in [5.74, 6) is 0.245. The maximum atomic E-state index is 14.6. The number of fused-ring (bicyclic) bond motifs is 5. The second-order valence-electron chi connectivity index (χ2n) is 8.82. The molecule has 172 valence electrons. The summed E-state index contributed by atoms with van der Waals surface area (Å²) in [4.78, 5) is 22.3. The third-order valence-corrected chi connectivity index (χ3v) is 8.22. The molecule has 0 N–H and O–H groups in total. The lowest BCUT2D eigenvalue weighted by Crippen LogP contribution is -2.35. The largest absolute Gasteiger partial charge is 0.381 e. The number of ether oxygens (including phenoxy) is 1. The topological polar surface area (TPSA) is 64.7 Å². The first-order valence-corrected chi connectivity index (χ1v) is 12.4. The van der Waals surface area contributed by atoms with Crippen LogP contribution < -0.4 is 5.69 Å². The molecule has 0 amide bonds. The van der Waals surface area contributed by atoms with Crippen molar-refractivity contribution in [3.05, 3.63) is 61.9 Å². The van der Waals surface area contributed by atoms with Crippen molar-refractivity contribution < 1.29 is 9.13 Å². The van der Waals surface area contributed by atoms with Crippen LogP contribution in [0.25, 0.3) is 15.9 Å². The number of nitrogens with zero attached hydrogens (tertiary/aromatic N) is 5. The first-order valence-electron chi connectivity index (χ1n) is 11.2. The van der Waals surface area contributed by atoms with Crippen molar-refractivity contribution in [1.29, 1.82) is 0 Å². The van der Waals surface area contributed by atoms with Crippen LogP contribution in [0.5, 0.6) is 0 Å². The van der Waals surface area contributed by atoms with Crippen LogP contribution in [0.1, 0.15) is 28.8 Å². The average molecular weight is 488 g/mol. The number of rotatable bonds is 4. The van der Waals surface area contributed by atoms with Gasteiger partial charge in [-0.1, -0.05) is 17.7 Å². The fourth-order valence-corrected chi connectivity index (χ4v) is 6.56. The number of halogens is 2. The molecule has 0 spiro atoms. The van der Waals surface area contributed by atoms with Crippen molar-refractivity contribution in [3.8, 4) is 0 Å². The fraction of sp³-hybridized carbons (Fsp3) is 0.435.